The van der Waals surface area contributed by atoms with E-state index in [1.807, 2.05) is 18.2 Å². The van der Waals surface area contributed by atoms with Crippen molar-refractivity contribution >= 4 is 11.6 Å². The zero-order valence-corrected chi connectivity index (χ0v) is 15.2. The Balaban J connectivity index is 1.98. The van der Waals surface area contributed by atoms with Crippen molar-refractivity contribution in [1.82, 2.24) is 4.90 Å². The van der Waals surface area contributed by atoms with Crippen LogP contribution in [0.3, 0.4) is 0 Å². The van der Waals surface area contributed by atoms with E-state index in [9.17, 15) is 0 Å². The molecule has 0 aromatic heterocycles. The monoisotopic (exact) mass is 334 g/mol. The molecular formula is C18H30N4O2. The number of nitrogens with zero attached hydrogens (tertiary/aromatic N) is 2. The Morgan fingerprint density at radius 2 is 1.96 bits per heavy atom. The van der Waals surface area contributed by atoms with E-state index < -0.39 is 0 Å². The molecule has 0 saturated heterocycles. The van der Waals surface area contributed by atoms with Crippen LogP contribution in [0.25, 0.3) is 0 Å². The number of ether oxygens (including phenoxy) is 2. The summed E-state index contributed by atoms with van der Waals surface area (Å²) in [5, 5.41) is 3.13. The summed E-state index contributed by atoms with van der Waals surface area (Å²) < 4.78 is 11.3. The molecule has 134 valence electrons. The summed E-state index contributed by atoms with van der Waals surface area (Å²) >= 11 is 0. The molecule has 1 atom stereocenters. The number of anilines is 1. The molecule has 1 aromatic rings. The Kier molecular flexibility index (Phi) is 6.73. The lowest BCUT2D eigenvalue weighted by Crippen LogP contribution is -2.34. The average Bonchev–Trinajstić information content (AvgIpc) is 2.75. The number of likely N-dealkylation sites (N-methyl/N-ethyl adjacent to an activating group) is 1. The molecule has 1 aromatic carbocycles. The fourth-order valence-corrected chi connectivity index (χ4v) is 2.62. The van der Waals surface area contributed by atoms with Crippen LogP contribution >= 0.6 is 0 Å². The number of nitrogens with one attached hydrogen (secondary N) is 1. The van der Waals surface area contributed by atoms with Crippen LogP contribution in [0, 0.1) is 5.92 Å². The normalized spacial score (nSPS) is 16.2. The second kappa shape index (κ2) is 8.78. The molecule has 0 bridgehead atoms. The number of hydrogen-bond donors (Lipinski definition) is 2. The lowest BCUT2D eigenvalue weighted by Gasteiger charge is -2.24. The number of hydrogen-bond acceptors (Lipinski definition) is 4. The highest BCUT2D eigenvalue weighted by atomic mass is 16.5. The second-order valence-electron chi connectivity index (χ2n) is 6.81. The highest BCUT2D eigenvalue weighted by Crippen LogP contribution is 2.32. The van der Waals surface area contributed by atoms with Gasteiger partial charge in [0.25, 0.3) is 0 Å². The van der Waals surface area contributed by atoms with E-state index in [2.05, 4.69) is 43.2 Å². The molecule has 0 spiro atoms. The molecular weight excluding hydrogens is 304 g/mol. The van der Waals surface area contributed by atoms with Crippen LogP contribution in [0.1, 0.15) is 26.7 Å². The maximum absolute atomic E-state index is 6.04. The van der Waals surface area contributed by atoms with Gasteiger partial charge in [0.15, 0.2) is 17.5 Å². The van der Waals surface area contributed by atoms with E-state index in [1.165, 1.54) is 0 Å². The Morgan fingerprint density at radius 1 is 1.25 bits per heavy atom. The topological polar surface area (TPSA) is 72.1 Å². The number of nitrogens with two attached hydrogens (primary N) is 1. The number of guanidine groups is 1. The zero-order valence-electron chi connectivity index (χ0n) is 15.2. The van der Waals surface area contributed by atoms with Crippen LogP contribution in [0.2, 0.25) is 0 Å². The molecule has 6 heteroatoms. The second-order valence-corrected chi connectivity index (χ2v) is 6.81. The van der Waals surface area contributed by atoms with E-state index in [0.29, 0.717) is 37.7 Å². The quantitative estimate of drug-likeness (QED) is 0.618. The van der Waals surface area contributed by atoms with Gasteiger partial charge in [0.1, 0.15) is 0 Å². The molecule has 2 rings (SSSR count). The Labute approximate surface area is 145 Å². The molecule has 1 unspecified atom stereocenters. The first-order valence-electron chi connectivity index (χ1n) is 8.58. The van der Waals surface area contributed by atoms with Crippen molar-refractivity contribution in [3.63, 3.8) is 0 Å². The van der Waals surface area contributed by atoms with E-state index in [1.54, 1.807) is 0 Å². The lowest BCUT2D eigenvalue weighted by molar-refractivity contribution is 0.261. The minimum atomic E-state index is 0.383. The number of rotatable bonds is 6. The van der Waals surface area contributed by atoms with E-state index in [0.717, 1.165) is 30.0 Å². The summed E-state index contributed by atoms with van der Waals surface area (Å²) in [6.45, 7) is 6.47. The molecule has 1 aliphatic heterocycles. The average molecular weight is 334 g/mol. The van der Waals surface area contributed by atoms with Gasteiger partial charge < -0.3 is 25.4 Å². The van der Waals surface area contributed by atoms with Crippen molar-refractivity contribution in [2.75, 3.05) is 39.2 Å². The van der Waals surface area contributed by atoms with E-state index in [4.69, 9.17) is 15.2 Å². The Hall–Kier alpha value is -1.95. The van der Waals surface area contributed by atoms with E-state index in [-0.39, 0.29) is 0 Å². The molecule has 3 N–H and O–H groups in total. The lowest BCUT2D eigenvalue weighted by atomic mass is 10.0. The SMILES string of the molecule is CC(C)CC(CN=C(N)Nc1ccc2c(c1)OCCCO2)N(C)C. The van der Waals surface area contributed by atoms with Gasteiger partial charge in [-0.2, -0.15) is 0 Å². The molecule has 0 fully saturated rings. The summed E-state index contributed by atoms with van der Waals surface area (Å²) in [5.41, 5.74) is 6.89. The van der Waals surface area contributed by atoms with Crippen molar-refractivity contribution in [2.24, 2.45) is 16.6 Å². The third kappa shape index (κ3) is 5.60. The van der Waals surface area contributed by atoms with Crippen LogP contribution in [0.15, 0.2) is 23.2 Å². The molecule has 1 heterocycles. The molecule has 1 aliphatic rings. The van der Waals surface area contributed by atoms with Crippen LogP contribution in [0.4, 0.5) is 5.69 Å². The summed E-state index contributed by atoms with van der Waals surface area (Å²) in [6, 6.07) is 6.11. The van der Waals surface area contributed by atoms with Gasteiger partial charge in [0.2, 0.25) is 0 Å². The molecule has 0 aliphatic carbocycles. The number of aliphatic imine (C=N–C) groups is 1. The van der Waals surface area contributed by atoms with Gasteiger partial charge in [-0.05, 0) is 38.6 Å². The largest absolute Gasteiger partial charge is 0.490 e. The van der Waals surface area contributed by atoms with Crippen molar-refractivity contribution in [2.45, 2.75) is 32.7 Å². The minimum Gasteiger partial charge on any atom is -0.490 e. The zero-order chi connectivity index (χ0) is 17.5. The fraction of sp³-hybridized carbons (Fsp3) is 0.611. The summed E-state index contributed by atoms with van der Waals surface area (Å²) in [5.74, 6) is 2.57. The first-order chi connectivity index (χ1) is 11.5. The smallest absolute Gasteiger partial charge is 0.193 e. The fourth-order valence-electron chi connectivity index (χ4n) is 2.62. The van der Waals surface area contributed by atoms with Gasteiger partial charge >= 0.3 is 0 Å². The van der Waals surface area contributed by atoms with Crippen molar-refractivity contribution in [3.05, 3.63) is 18.2 Å². The van der Waals surface area contributed by atoms with Crippen LogP contribution < -0.4 is 20.5 Å². The van der Waals surface area contributed by atoms with Gasteiger partial charge in [0, 0.05) is 24.2 Å². The van der Waals surface area contributed by atoms with Gasteiger partial charge in [-0.3, -0.25) is 4.99 Å². The summed E-state index contributed by atoms with van der Waals surface area (Å²) in [7, 11) is 4.16. The highest BCUT2D eigenvalue weighted by molar-refractivity contribution is 5.92. The van der Waals surface area contributed by atoms with Gasteiger partial charge in [-0.1, -0.05) is 13.8 Å². The maximum Gasteiger partial charge on any atom is 0.193 e. The first-order valence-corrected chi connectivity index (χ1v) is 8.58. The Morgan fingerprint density at radius 3 is 2.62 bits per heavy atom. The molecule has 6 nitrogen and oxygen atoms in total. The first kappa shape index (κ1) is 18.4. The van der Waals surface area contributed by atoms with Crippen LogP contribution in [0.5, 0.6) is 11.5 Å². The molecule has 0 radical (unpaired) electrons. The number of fused-ring (bicyclic) bond motifs is 1. The maximum atomic E-state index is 6.04. The Bertz CT molecular complexity index is 558. The van der Waals surface area contributed by atoms with Crippen LogP contribution in [-0.4, -0.2) is 50.8 Å². The van der Waals surface area contributed by atoms with Crippen molar-refractivity contribution in [3.8, 4) is 11.5 Å². The van der Waals surface area contributed by atoms with E-state index >= 15 is 0 Å². The van der Waals surface area contributed by atoms with Crippen LogP contribution in [-0.2, 0) is 0 Å². The standard InChI is InChI=1S/C18H30N4O2/c1-13(2)10-15(22(3)4)12-20-18(19)21-14-6-7-16-17(11-14)24-9-5-8-23-16/h6-7,11,13,15H,5,8-10,12H2,1-4H3,(H3,19,20,21). The minimum absolute atomic E-state index is 0.383. The van der Waals surface area contributed by atoms with Gasteiger partial charge in [-0.15, -0.1) is 0 Å². The predicted molar refractivity (Wildman–Crippen MR) is 99.1 cm³/mol. The van der Waals surface area contributed by atoms with Crippen molar-refractivity contribution < 1.29 is 9.47 Å². The summed E-state index contributed by atoms with van der Waals surface area (Å²) in [4.78, 5) is 6.69. The van der Waals surface area contributed by atoms with Crippen molar-refractivity contribution in [1.29, 1.82) is 0 Å². The van der Waals surface area contributed by atoms with Gasteiger partial charge in [0.05, 0.1) is 19.8 Å². The summed E-state index contributed by atoms with van der Waals surface area (Å²) in [6.07, 6.45) is 1.98. The number of benzene rings is 1. The third-order valence-electron chi connectivity index (χ3n) is 3.97. The predicted octanol–water partition coefficient (Wildman–Crippen LogP) is 2.55. The molecule has 24 heavy (non-hydrogen) atoms. The molecule has 0 saturated carbocycles. The van der Waals surface area contributed by atoms with Gasteiger partial charge in [-0.25, -0.2) is 0 Å². The highest BCUT2D eigenvalue weighted by Gasteiger charge is 2.13. The third-order valence-corrected chi connectivity index (χ3v) is 3.97. The molecule has 0 amide bonds.